The predicted octanol–water partition coefficient (Wildman–Crippen LogP) is 3.87. The van der Waals surface area contributed by atoms with Gasteiger partial charge in [-0.3, -0.25) is 0 Å². The molecular weight excluding hydrogens is 280 g/mol. The maximum atomic E-state index is 10.4. The molecule has 2 rings (SSSR count). The third-order valence-electron chi connectivity index (χ3n) is 4.75. The molecule has 0 amide bonds. The second-order valence-electron chi connectivity index (χ2n) is 6.78. The van der Waals surface area contributed by atoms with Crippen molar-refractivity contribution in [2.75, 3.05) is 7.11 Å². The first-order valence-electron chi connectivity index (χ1n) is 8.12. The van der Waals surface area contributed by atoms with Crippen LogP contribution in [0, 0.1) is 17.8 Å². The Kier molecular flexibility index (Phi) is 5.70. The van der Waals surface area contributed by atoms with Gasteiger partial charge in [0.1, 0.15) is 0 Å². The van der Waals surface area contributed by atoms with E-state index in [4.69, 9.17) is 9.47 Å². The fourth-order valence-corrected chi connectivity index (χ4v) is 3.36. The van der Waals surface area contributed by atoms with E-state index in [1.54, 1.807) is 12.1 Å². The molecule has 0 heterocycles. The summed E-state index contributed by atoms with van der Waals surface area (Å²) in [6.07, 6.45) is 2.43. The quantitative estimate of drug-likeness (QED) is 0.811. The van der Waals surface area contributed by atoms with Crippen LogP contribution in [0.4, 0.5) is 0 Å². The highest BCUT2D eigenvalue weighted by Gasteiger charge is 2.33. The van der Waals surface area contributed by atoms with E-state index in [1.807, 2.05) is 0 Å². The summed E-state index contributed by atoms with van der Waals surface area (Å²) in [6, 6.07) is 4.81. The Morgan fingerprint density at radius 1 is 1.23 bits per heavy atom. The number of hydrogen-bond acceptors (Lipinski definition) is 4. The second kappa shape index (κ2) is 7.34. The lowest BCUT2D eigenvalue weighted by molar-refractivity contribution is -0.172. The molecule has 4 nitrogen and oxygen atoms in total. The molecule has 124 valence electrons. The SMILES string of the molecule is COc1cc(C(O)O[C@@H]2C[C@H](C)CC[C@H]2C(C)C)ccc1O. The summed E-state index contributed by atoms with van der Waals surface area (Å²) in [4.78, 5) is 0. The molecule has 1 unspecified atom stereocenters. The molecule has 0 saturated heterocycles. The van der Waals surface area contributed by atoms with Gasteiger partial charge in [0.15, 0.2) is 17.8 Å². The first-order valence-corrected chi connectivity index (χ1v) is 8.12. The summed E-state index contributed by atoms with van der Waals surface area (Å²) >= 11 is 0. The minimum Gasteiger partial charge on any atom is -0.504 e. The zero-order valence-corrected chi connectivity index (χ0v) is 14.0. The molecule has 1 fully saturated rings. The van der Waals surface area contributed by atoms with E-state index < -0.39 is 6.29 Å². The van der Waals surface area contributed by atoms with Gasteiger partial charge >= 0.3 is 0 Å². The van der Waals surface area contributed by atoms with Gasteiger partial charge in [0, 0.05) is 5.56 Å². The number of methoxy groups -OCH3 is 1. The second-order valence-corrected chi connectivity index (χ2v) is 6.78. The van der Waals surface area contributed by atoms with Gasteiger partial charge in [-0.1, -0.05) is 33.3 Å². The Morgan fingerprint density at radius 3 is 2.59 bits per heavy atom. The molecule has 0 aliphatic heterocycles. The number of phenols is 1. The fourth-order valence-electron chi connectivity index (χ4n) is 3.36. The molecule has 4 atom stereocenters. The highest BCUT2D eigenvalue weighted by Crippen LogP contribution is 2.38. The van der Waals surface area contributed by atoms with E-state index in [0.29, 0.717) is 29.1 Å². The van der Waals surface area contributed by atoms with Crippen molar-refractivity contribution in [3.05, 3.63) is 23.8 Å². The van der Waals surface area contributed by atoms with Crippen LogP contribution in [0.25, 0.3) is 0 Å². The molecule has 0 bridgehead atoms. The number of hydrogen-bond donors (Lipinski definition) is 2. The maximum Gasteiger partial charge on any atom is 0.181 e. The highest BCUT2D eigenvalue weighted by atomic mass is 16.6. The molecular formula is C18H28O4. The molecule has 22 heavy (non-hydrogen) atoms. The summed E-state index contributed by atoms with van der Waals surface area (Å²) < 4.78 is 11.1. The van der Waals surface area contributed by atoms with Crippen molar-refractivity contribution in [1.29, 1.82) is 0 Å². The predicted molar refractivity (Wildman–Crippen MR) is 85.8 cm³/mol. The summed E-state index contributed by atoms with van der Waals surface area (Å²) in [5, 5.41) is 20.1. The minimum absolute atomic E-state index is 0.0600. The van der Waals surface area contributed by atoms with Gasteiger partial charge in [-0.15, -0.1) is 0 Å². The van der Waals surface area contributed by atoms with Crippen LogP contribution < -0.4 is 4.74 Å². The molecule has 1 aliphatic rings. The van der Waals surface area contributed by atoms with Crippen molar-refractivity contribution in [1.82, 2.24) is 0 Å². The van der Waals surface area contributed by atoms with Gasteiger partial charge in [-0.2, -0.15) is 0 Å². The largest absolute Gasteiger partial charge is 0.504 e. The van der Waals surface area contributed by atoms with Crippen LogP contribution in [0.2, 0.25) is 0 Å². The average molecular weight is 308 g/mol. The molecule has 1 saturated carbocycles. The molecule has 1 aliphatic carbocycles. The Hall–Kier alpha value is -1.26. The van der Waals surface area contributed by atoms with E-state index >= 15 is 0 Å². The molecule has 0 radical (unpaired) electrons. The van der Waals surface area contributed by atoms with Crippen LogP contribution in [0.3, 0.4) is 0 Å². The van der Waals surface area contributed by atoms with E-state index in [9.17, 15) is 10.2 Å². The van der Waals surface area contributed by atoms with Crippen molar-refractivity contribution in [2.24, 2.45) is 17.8 Å². The standard InChI is InChI=1S/C18H28O4/c1-11(2)14-7-5-12(3)9-16(14)22-18(20)13-6-8-15(19)17(10-13)21-4/h6,8,10-12,14,16,18-20H,5,7,9H2,1-4H3/t12-,14+,16-,18?/m1/s1. The first kappa shape index (κ1) is 17.1. The zero-order valence-electron chi connectivity index (χ0n) is 14.0. The molecule has 0 spiro atoms. The summed E-state index contributed by atoms with van der Waals surface area (Å²) in [5.41, 5.74) is 0.607. The Labute approximate surface area is 133 Å². The van der Waals surface area contributed by atoms with Gasteiger partial charge in [-0.05, 0) is 42.7 Å². The lowest BCUT2D eigenvalue weighted by Crippen LogP contribution is -2.35. The maximum absolute atomic E-state index is 10.4. The number of phenolic OH excluding ortho intramolecular Hbond substituents is 1. The Morgan fingerprint density at radius 2 is 1.95 bits per heavy atom. The van der Waals surface area contributed by atoms with Crippen LogP contribution >= 0.6 is 0 Å². The minimum atomic E-state index is -0.994. The number of aliphatic hydroxyl groups is 1. The van der Waals surface area contributed by atoms with Crippen molar-refractivity contribution in [2.45, 2.75) is 52.4 Å². The fraction of sp³-hybridized carbons (Fsp3) is 0.667. The topological polar surface area (TPSA) is 58.9 Å². The Balaban J connectivity index is 2.10. The smallest absolute Gasteiger partial charge is 0.181 e. The van der Waals surface area contributed by atoms with E-state index in [2.05, 4.69) is 20.8 Å². The van der Waals surface area contributed by atoms with Gasteiger partial charge in [0.2, 0.25) is 0 Å². The van der Waals surface area contributed by atoms with E-state index in [0.717, 1.165) is 12.8 Å². The monoisotopic (exact) mass is 308 g/mol. The van der Waals surface area contributed by atoms with Gasteiger partial charge < -0.3 is 19.7 Å². The molecule has 0 aromatic heterocycles. The zero-order chi connectivity index (χ0) is 16.3. The van der Waals surface area contributed by atoms with Crippen molar-refractivity contribution in [3.8, 4) is 11.5 Å². The normalized spacial score (nSPS) is 26.9. The number of ether oxygens (including phenoxy) is 2. The van der Waals surface area contributed by atoms with Crippen LogP contribution in [0.5, 0.6) is 11.5 Å². The molecule has 1 aromatic carbocycles. The third kappa shape index (κ3) is 3.93. The number of benzene rings is 1. The van der Waals surface area contributed by atoms with Gasteiger partial charge in [0.25, 0.3) is 0 Å². The van der Waals surface area contributed by atoms with Crippen molar-refractivity contribution < 1.29 is 19.7 Å². The Bertz CT molecular complexity index is 486. The summed E-state index contributed by atoms with van der Waals surface area (Å²) in [5.74, 6) is 2.05. The summed E-state index contributed by atoms with van der Waals surface area (Å²) in [6.45, 7) is 6.67. The van der Waals surface area contributed by atoms with E-state index in [-0.39, 0.29) is 11.9 Å². The molecule has 4 heteroatoms. The summed E-state index contributed by atoms with van der Waals surface area (Å²) in [7, 11) is 1.49. The highest BCUT2D eigenvalue weighted by molar-refractivity contribution is 5.42. The average Bonchev–Trinajstić information content (AvgIpc) is 2.47. The third-order valence-corrected chi connectivity index (χ3v) is 4.75. The molecule has 2 N–H and O–H groups in total. The van der Waals surface area contributed by atoms with Crippen molar-refractivity contribution in [3.63, 3.8) is 0 Å². The van der Waals surface area contributed by atoms with Crippen LogP contribution in [-0.2, 0) is 4.74 Å². The number of rotatable bonds is 5. The van der Waals surface area contributed by atoms with Gasteiger partial charge in [0.05, 0.1) is 13.2 Å². The first-order chi connectivity index (χ1) is 10.4. The van der Waals surface area contributed by atoms with Crippen molar-refractivity contribution >= 4 is 0 Å². The van der Waals surface area contributed by atoms with Crippen LogP contribution in [-0.4, -0.2) is 23.4 Å². The lowest BCUT2D eigenvalue weighted by atomic mass is 9.75. The number of aromatic hydroxyl groups is 1. The van der Waals surface area contributed by atoms with E-state index in [1.165, 1.54) is 19.6 Å². The molecule has 1 aromatic rings. The van der Waals surface area contributed by atoms with Crippen LogP contribution in [0.15, 0.2) is 18.2 Å². The lowest BCUT2D eigenvalue weighted by Gasteiger charge is -2.38. The number of aliphatic hydroxyl groups excluding tert-OH is 1. The van der Waals surface area contributed by atoms with Crippen LogP contribution in [0.1, 0.15) is 51.9 Å². The van der Waals surface area contributed by atoms with Gasteiger partial charge in [-0.25, -0.2) is 0 Å².